The summed E-state index contributed by atoms with van der Waals surface area (Å²) < 4.78 is 13.2. The van der Waals surface area contributed by atoms with Crippen molar-refractivity contribution in [3.8, 4) is 0 Å². The second-order valence-corrected chi connectivity index (χ2v) is 5.78. The van der Waals surface area contributed by atoms with E-state index < -0.39 is 5.41 Å². The number of hydrogen-bond acceptors (Lipinski definition) is 2. The summed E-state index contributed by atoms with van der Waals surface area (Å²) >= 11 is 0. The van der Waals surface area contributed by atoms with Gasteiger partial charge in [-0.15, -0.1) is 0 Å². The summed E-state index contributed by atoms with van der Waals surface area (Å²) in [5, 5.41) is 0. The van der Waals surface area contributed by atoms with Crippen LogP contribution in [0.15, 0.2) is 24.3 Å². The van der Waals surface area contributed by atoms with Gasteiger partial charge in [-0.25, -0.2) is 4.39 Å². The van der Waals surface area contributed by atoms with Crippen molar-refractivity contribution in [1.29, 1.82) is 0 Å². The summed E-state index contributed by atoms with van der Waals surface area (Å²) in [5.74, 6) is -0.210. The average Bonchev–Trinajstić information content (AvgIpc) is 2.46. The second-order valence-electron chi connectivity index (χ2n) is 5.78. The molecule has 118 valence electrons. The number of carbonyl (C=O) groups excluding carboxylic acids is 1. The molecular weight excluding hydrogens is 267 g/mol. The van der Waals surface area contributed by atoms with Crippen LogP contribution in [-0.4, -0.2) is 24.4 Å². The molecule has 0 heterocycles. The summed E-state index contributed by atoms with van der Waals surface area (Å²) in [6.45, 7) is 4.91. The molecule has 0 aliphatic rings. The maximum atomic E-state index is 13.2. The molecule has 2 N–H and O–H groups in total. The molecule has 0 unspecified atom stereocenters. The van der Waals surface area contributed by atoms with Crippen molar-refractivity contribution in [2.24, 2.45) is 11.1 Å². The molecular formula is C17H27FN2O. The van der Waals surface area contributed by atoms with Crippen LogP contribution in [0.4, 0.5) is 4.39 Å². The van der Waals surface area contributed by atoms with Gasteiger partial charge in [-0.3, -0.25) is 4.79 Å². The Hall–Kier alpha value is -1.42. The van der Waals surface area contributed by atoms with Gasteiger partial charge in [0.05, 0.1) is 5.41 Å². The molecule has 0 spiro atoms. The lowest BCUT2D eigenvalue weighted by atomic mass is 9.78. The van der Waals surface area contributed by atoms with E-state index in [1.54, 1.807) is 18.0 Å². The Kier molecular flexibility index (Phi) is 6.82. The first-order valence-corrected chi connectivity index (χ1v) is 7.69. The van der Waals surface area contributed by atoms with E-state index in [4.69, 9.17) is 5.73 Å². The van der Waals surface area contributed by atoms with Gasteiger partial charge in [0.1, 0.15) is 5.82 Å². The van der Waals surface area contributed by atoms with E-state index >= 15 is 0 Å². The van der Waals surface area contributed by atoms with E-state index in [2.05, 4.69) is 13.8 Å². The third-order valence-electron chi connectivity index (χ3n) is 3.96. The molecule has 1 aromatic carbocycles. The molecule has 0 aliphatic heterocycles. The summed E-state index contributed by atoms with van der Waals surface area (Å²) in [4.78, 5) is 14.5. The van der Waals surface area contributed by atoms with E-state index in [9.17, 15) is 9.18 Å². The van der Waals surface area contributed by atoms with E-state index in [-0.39, 0.29) is 11.7 Å². The van der Waals surface area contributed by atoms with Crippen LogP contribution < -0.4 is 5.73 Å². The van der Waals surface area contributed by atoms with Crippen LogP contribution in [0.2, 0.25) is 0 Å². The van der Waals surface area contributed by atoms with Crippen molar-refractivity contribution < 1.29 is 9.18 Å². The van der Waals surface area contributed by atoms with Crippen molar-refractivity contribution in [3.05, 3.63) is 35.6 Å². The molecule has 0 radical (unpaired) electrons. The maximum absolute atomic E-state index is 13.2. The molecule has 0 bridgehead atoms. The van der Waals surface area contributed by atoms with Gasteiger partial charge < -0.3 is 10.6 Å². The van der Waals surface area contributed by atoms with Crippen LogP contribution in [0.25, 0.3) is 0 Å². The highest BCUT2D eigenvalue weighted by atomic mass is 19.1. The Bertz CT molecular complexity index is 456. The highest BCUT2D eigenvalue weighted by molar-refractivity contribution is 5.82. The van der Waals surface area contributed by atoms with Gasteiger partial charge in [-0.05, 0) is 30.5 Å². The van der Waals surface area contributed by atoms with Crippen LogP contribution in [0.5, 0.6) is 0 Å². The first kappa shape index (κ1) is 17.6. The quantitative estimate of drug-likeness (QED) is 0.799. The van der Waals surface area contributed by atoms with E-state index in [1.165, 1.54) is 12.1 Å². The first-order valence-electron chi connectivity index (χ1n) is 7.69. The van der Waals surface area contributed by atoms with Gasteiger partial charge in [0.2, 0.25) is 5.91 Å². The van der Waals surface area contributed by atoms with Gasteiger partial charge in [-0.1, -0.05) is 38.8 Å². The molecule has 0 saturated carbocycles. The standard InChI is InChI=1S/C17H27FN2O/c1-4-9-17(13-19,10-5-2)16(21)20(3)12-14-7-6-8-15(18)11-14/h6-8,11H,4-5,9-10,12-13,19H2,1-3H3. The van der Waals surface area contributed by atoms with Gasteiger partial charge in [0, 0.05) is 20.1 Å². The van der Waals surface area contributed by atoms with Crippen molar-refractivity contribution in [3.63, 3.8) is 0 Å². The fourth-order valence-corrected chi connectivity index (χ4v) is 2.97. The van der Waals surface area contributed by atoms with E-state index in [0.29, 0.717) is 13.1 Å². The molecule has 0 aliphatic carbocycles. The van der Waals surface area contributed by atoms with E-state index in [1.807, 2.05) is 6.07 Å². The molecule has 0 atom stereocenters. The zero-order valence-electron chi connectivity index (χ0n) is 13.4. The van der Waals surface area contributed by atoms with Gasteiger partial charge in [0.15, 0.2) is 0 Å². The van der Waals surface area contributed by atoms with Crippen LogP contribution in [0.3, 0.4) is 0 Å². The highest BCUT2D eigenvalue weighted by Gasteiger charge is 2.37. The summed E-state index contributed by atoms with van der Waals surface area (Å²) in [6, 6.07) is 6.37. The Balaban J connectivity index is 2.87. The number of amides is 1. The third kappa shape index (κ3) is 4.53. The number of halogens is 1. The minimum Gasteiger partial charge on any atom is -0.341 e. The molecule has 1 amide bonds. The zero-order chi connectivity index (χ0) is 15.9. The summed E-state index contributed by atoms with van der Waals surface area (Å²) in [6.07, 6.45) is 3.45. The van der Waals surface area contributed by atoms with Gasteiger partial charge in [0.25, 0.3) is 0 Å². The van der Waals surface area contributed by atoms with Gasteiger partial charge in [-0.2, -0.15) is 0 Å². The molecule has 1 aromatic rings. The van der Waals surface area contributed by atoms with Crippen LogP contribution in [-0.2, 0) is 11.3 Å². The largest absolute Gasteiger partial charge is 0.341 e. The predicted octanol–water partition coefficient (Wildman–Crippen LogP) is 3.33. The number of carbonyl (C=O) groups is 1. The minimum atomic E-state index is -0.481. The fourth-order valence-electron chi connectivity index (χ4n) is 2.97. The topological polar surface area (TPSA) is 46.3 Å². The second kappa shape index (κ2) is 8.13. The molecule has 3 nitrogen and oxygen atoms in total. The van der Waals surface area contributed by atoms with Crippen molar-refractivity contribution >= 4 is 5.91 Å². The van der Waals surface area contributed by atoms with Crippen molar-refractivity contribution in [2.75, 3.05) is 13.6 Å². The molecule has 4 heteroatoms. The number of hydrogen-bond donors (Lipinski definition) is 1. The lowest BCUT2D eigenvalue weighted by Crippen LogP contribution is -2.46. The number of nitrogens with zero attached hydrogens (tertiary/aromatic N) is 1. The molecule has 1 rings (SSSR count). The maximum Gasteiger partial charge on any atom is 0.230 e. The van der Waals surface area contributed by atoms with Gasteiger partial charge >= 0.3 is 0 Å². The fraction of sp³-hybridized carbons (Fsp3) is 0.588. The number of benzene rings is 1. The monoisotopic (exact) mass is 294 g/mol. The average molecular weight is 294 g/mol. The highest BCUT2D eigenvalue weighted by Crippen LogP contribution is 2.31. The van der Waals surface area contributed by atoms with E-state index in [0.717, 1.165) is 31.2 Å². The first-order chi connectivity index (χ1) is 9.99. The normalized spacial score (nSPS) is 11.5. The Morgan fingerprint density at radius 2 is 1.90 bits per heavy atom. The smallest absolute Gasteiger partial charge is 0.230 e. The number of nitrogens with two attached hydrogens (primary N) is 1. The van der Waals surface area contributed by atoms with Crippen molar-refractivity contribution in [2.45, 2.75) is 46.1 Å². The lowest BCUT2D eigenvalue weighted by Gasteiger charge is -2.35. The van der Waals surface area contributed by atoms with Crippen LogP contribution >= 0.6 is 0 Å². The van der Waals surface area contributed by atoms with Crippen molar-refractivity contribution in [1.82, 2.24) is 4.90 Å². The predicted molar refractivity (Wildman–Crippen MR) is 84.2 cm³/mol. The molecule has 0 saturated heterocycles. The Labute approximate surface area is 127 Å². The lowest BCUT2D eigenvalue weighted by molar-refractivity contribution is -0.142. The molecule has 21 heavy (non-hydrogen) atoms. The number of rotatable bonds is 8. The Morgan fingerprint density at radius 3 is 2.38 bits per heavy atom. The third-order valence-corrected chi connectivity index (χ3v) is 3.96. The molecule has 0 aromatic heterocycles. The zero-order valence-corrected chi connectivity index (χ0v) is 13.4. The summed E-state index contributed by atoms with van der Waals surface area (Å²) in [5.41, 5.74) is 6.24. The SMILES string of the molecule is CCCC(CN)(CCC)C(=O)N(C)Cc1cccc(F)c1. The van der Waals surface area contributed by atoms with Crippen LogP contribution in [0, 0.1) is 11.2 Å². The Morgan fingerprint density at radius 1 is 1.29 bits per heavy atom. The minimum absolute atomic E-state index is 0.0676. The summed E-state index contributed by atoms with van der Waals surface area (Å²) in [7, 11) is 1.77. The van der Waals surface area contributed by atoms with Crippen LogP contribution in [0.1, 0.15) is 45.1 Å². The molecule has 0 fully saturated rings.